The molecule has 2 aromatic rings. The van der Waals surface area contributed by atoms with Crippen molar-refractivity contribution in [3.8, 4) is 6.07 Å². The van der Waals surface area contributed by atoms with E-state index in [-0.39, 0.29) is 12.0 Å². The minimum Gasteiger partial charge on any atom is -0.399 e. The lowest BCUT2D eigenvalue weighted by Crippen LogP contribution is -2.19. The Hall–Kier alpha value is -2.61. The number of halogens is 2. The van der Waals surface area contributed by atoms with Crippen LogP contribution in [0.15, 0.2) is 48.5 Å². The Bertz CT molecular complexity index is 636. The van der Waals surface area contributed by atoms with Gasteiger partial charge in [0.25, 0.3) is 6.43 Å². The van der Waals surface area contributed by atoms with Crippen LogP contribution in [0.3, 0.4) is 0 Å². The molecule has 3 nitrogen and oxygen atoms in total. The van der Waals surface area contributed by atoms with Crippen LogP contribution in [0.25, 0.3) is 0 Å². The quantitative estimate of drug-likeness (QED) is 0.836. The third-order valence-corrected chi connectivity index (χ3v) is 3.09. The molecule has 2 rings (SSSR count). The molecule has 21 heavy (non-hydrogen) atoms. The zero-order valence-electron chi connectivity index (χ0n) is 11.3. The van der Waals surface area contributed by atoms with Gasteiger partial charge in [-0.05, 0) is 30.3 Å². The van der Waals surface area contributed by atoms with Crippen molar-refractivity contribution in [2.75, 3.05) is 17.2 Å². The summed E-state index contributed by atoms with van der Waals surface area (Å²) in [6.45, 7) is 0.337. The Labute approximate surface area is 122 Å². The molecule has 0 atom stereocenters. The van der Waals surface area contributed by atoms with Gasteiger partial charge in [0.05, 0.1) is 18.2 Å². The molecule has 2 N–H and O–H groups in total. The highest BCUT2D eigenvalue weighted by atomic mass is 19.3. The van der Waals surface area contributed by atoms with Crippen molar-refractivity contribution in [2.45, 2.75) is 12.8 Å². The standard InChI is InChI=1S/C16H15F2N3/c17-16(18)14-11-12(20)7-8-15(14)21(10-4-9-19)13-5-2-1-3-6-13/h1-3,5-8,11,16H,4,10,20H2. The summed E-state index contributed by atoms with van der Waals surface area (Å²) in [5, 5.41) is 8.79. The number of alkyl halides is 2. The van der Waals surface area contributed by atoms with Crippen molar-refractivity contribution in [2.24, 2.45) is 0 Å². The number of nitrogens with zero attached hydrogens (tertiary/aromatic N) is 2. The fraction of sp³-hybridized carbons (Fsp3) is 0.188. The van der Waals surface area contributed by atoms with E-state index < -0.39 is 6.43 Å². The van der Waals surface area contributed by atoms with Crippen LogP contribution in [-0.2, 0) is 0 Å². The lowest BCUT2D eigenvalue weighted by Gasteiger charge is -2.26. The van der Waals surface area contributed by atoms with E-state index in [2.05, 4.69) is 0 Å². The summed E-state index contributed by atoms with van der Waals surface area (Å²) in [5.74, 6) is 0. The maximum Gasteiger partial charge on any atom is 0.265 e. The molecule has 0 spiro atoms. The second kappa shape index (κ2) is 6.71. The number of nitriles is 1. The molecule has 0 heterocycles. The maximum atomic E-state index is 13.3. The van der Waals surface area contributed by atoms with Gasteiger partial charge in [0.2, 0.25) is 0 Å². The Balaban J connectivity index is 2.49. The first-order valence-corrected chi connectivity index (χ1v) is 6.50. The number of hydrogen-bond acceptors (Lipinski definition) is 3. The highest BCUT2D eigenvalue weighted by Gasteiger charge is 2.19. The minimum atomic E-state index is -2.63. The topological polar surface area (TPSA) is 53.0 Å². The predicted molar refractivity (Wildman–Crippen MR) is 79.5 cm³/mol. The van der Waals surface area contributed by atoms with Crippen LogP contribution in [0, 0.1) is 11.3 Å². The van der Waals surface area contributed by atoms with Crippen LogP contribution in [0.4, 0.5) is 25.8 Å². The number of para-hydroxylation sites is 1. The summed E-state index contributed by atoms with van der Waals surface area (Å²) in [5.41, 5.74) is 6.90. The smallest absolute Gasteiger partial charge is 0.265 e. The Morgan fingerprint density at radius 2 is 1.86 bits per heavy atom. The summed E-state index contributed by atoms with van der Waals surface area (Å²) in [6, 6.07) is 15.6. The summed E-state index contributed by atoms with van der Waals surface area (Å²) >= 11 is 0. The summed E-state index contributed by atoms with van der Waals surface area (Å²) in [4.78, 5) is 1.71. The van der Waals surface area contributed by atoms with Crippen LogP contribution in [0.1, 0.15) is 18.4 Å². The van der Waals surface area contributed by atoms with E-state index in [1.807, 2.05) is 36.4 Å². The number of benzene rings is 2. The number of nitrogens with two attached hydrogens (primary N) is 1. The van der Waals surface area contributed by atoms with E-state index in [9.17, 15) is 8.78 Å². The second-order valence-electron chi connectivity index (χ2n) is 4.51. The third-order valence-electron chi connectivity index (χ3n) is 3.09. The third kappa shape index (κ3) is 3.48. The maximum absolute atomic E-state index is 13.3. The van der Waals surface area contributed by atoms with Gasteiger partial charge in [-0.2, -0.15) is 5.26 Å². The zero-order valence-corrected chi connectivity index (χ0v) is 11.3. The molecule has 5 heteroatoms. The lowest BCUT2D eigenvalue weighted by molar-refractivity contribution is 0.152. The van der Waals surface area contributed by atoms with E-state index in [0.717, 1.165) is 5.69 Å². The van der Waals surface area contributed by atoms with Crippen molar-refractivity contribution in [3.05, 3.63) is 54.1 Å². The number of nitrogen functional groups attached to an aromatic ring is 1. The first-order chi connectivity index (χ1) is 10.1. The van der Waals surface area contributed by atoms with Gasteiger partial charge in [0, 0.05) is 23.5 Å². The van der Waals surface area contributed by atoms with Gasteiger partial charge in [-0.3, -0.25) is 0 Å². The van der Waals surface area contributed by atoms with Crippen LogP contribution in [0.5, 0.6) is 0 Å². The van der Waals surface area contributed by atoms with Crippen molar-refractivity contribution < 1.29 is 8.78 Å². The molecule has 0 aliphatic heterocycles. The van der Waals surface area contributed by atoms with Crippen LogP contribution >= 0.6 is 0 Å². The molecule has 0 unspecified atom stereocenters. The van der Waals surface area contributed by atoms with Gasteiger partial charge in [-0.1, -0.05) is 18.2 Å². The summed E-state index contributed by atoms with van der Waals surface area (Å²) in [6.07, 6.45) is -2.39. The SMILES string of the molecule is N#CCCN(c1ccccc1)c1ccc(N)cc1C(F)F. The average Bonchev–Trinajstić information content (AvgIpc) is 2.49. The number of rotatable bonds is 5. The Morgan fingerprint density at radius 3 is 2.48 bits per heavy atom. The fourth-order valence-electron chi connectivity index (χ4n) is 2.15. The van der Waals surface area contributed by atoms with E-state index in [4.69, 9.17) is 11.0 Å². The minimum absolute atomic E-state index is 0.128. The Morgan fingerprint density at radius 1 is 1.14 bits per heavy atom. The van der Waals surface area contributed by atoms with Crippen molar-refractivity contribution in [1.29, 1.82) is 5.26 Å². The number of anilines is 3. The van der Waals surface area contributed by atoms with Gasteiger partial charge in [0.15, 0.2) is 0 Å². The molecule has 0 saturated carbocycles. The largest absolute Gasteiger partial charge is 0.399 e. The van der Waals surface area contributed by atoms with Crippen LogP contribution in [0.2, 0.25) is 0 Å². The lowest BCUT2D eigenvalue weighted by atomic mass is 10.1. The molecule has 0 aliphatic carbocycles. The monoisotopic (exact) mass is 287 g/mol. The second-order valence-corrected chi connectivity index (χ2v) is 4.51. The molecule has 0 saturated heterocycles. The predicted octanol–water partition coefficient (Wildman–Crippen LogP) is 4.26. The fourth-order valence-corrected chi connectivity index (χ4v) is 2.15. The normalized spacial score (nSPS) is 10.4. The first kappa shape index (κ1) is 14.8. The molecule has 0 radical (unpaired) electrons. The van der Waals surface area contributed by atoms with Crippen molar-refractivity contribution >= 4 is 17.1 Å². The molecule has 2 aromatic carbocycles. The van der Waals surface area contributed by atoms with Crippen LogP contribution < -0.4 is 10.6 Å². The molecule has 0 bridgehead atoms. The summed E-state index contributed by atoms with van der Waals surface area (Å²) in [7, 11) is 0. The zero-order chi connectivity index (χ0) is 15.2. The molecule has 0 aromatic heterocycles. The van der Waals surface area contributed by atoms with Crippen molar-refractivity contribution in [1.82, 2.24) is 0 Å². The molecule has 108 valence electrons. The van der Waals surface area contributed by atoms with Gasteiger partial charge < -0.3 is 10.6 Å². The number of hydrogen-bond donors (Lipinski definition) is 1. The van der Waals surface area contributed by atoms with Gasteiger partial charge >= 0.3 is 0 Å². The average molecular weight is 287 g/mol. The molecular weight excluding hydrogens is 272 g/mol. The highest BCUT2D eigenvalue weighted by Crippen LogP contribution is 2.35. The highest BCUT2D eigenvalue weighted by molar-refractivity contribution is 5.69. The van der Waals surface area contributed by atoms with Crippen molar-refractivity contribution in [3.63, 3.8) is 0 Å². The Kier molecular flexibility index (Phi) is 4.72. The summed E-state index contributed by atoms with van der Waals surface area (Å²) < 4.78 is 26.5. The van der Waals surface area contributed by atoms with E-state index in [1.54, 1.807) is 17.0 Å². The molecule has 0 amide bonds. The van der Waals surface area contributed by atoms with Gasteiger partial charge in [0.1, 0.15) is 0 Å². The van der Waals surface area contributed by atoms with E-state index in [1.165, 1.54) is 6.07 Å². The van der Waals surface area contributed by atoms with E-state index >= 15 is 0 Å². The van der Waals surface area contributed by atoms with Crippen LogP contribution in [-0.4, -0.2) is 6.54 Å². The van der Waals surface area contributed by atoms with Gasteiger partial charge in [-0.25, -0.2) is 8.78 Å². The first-order valence-electron chi connectivity index (χ1n) is 6.50. The van der Waals surface area contributed by atoms with Gasteiger partial charge in [-0.15, -0.1) is 0 Å². The molecule has 0 fully saturated rings. The van der Waals surface area contributed by atoms with E-state index in [0.29, 0.717) is 17.9 Å². The molecule has 0 aliphatic rings. The molecular formula is C16H15F2N3.